The maximum absolute atomic E-state index is 12.3. The molecule has 0 saturated carbocycles. The smallest absolute Gasteiger partial charge is 0.337 e. The number of furan rings is 1. The number of amides is 1. The SMILES string of the molecule is CCCn1c(SCC(=O)Nc2ccc(C(=O)OC)cc2)nnc1-c1ccoc1C. The molecule has 0 fully saturated rings. The van der Waals surface area contributed by atoms with Crippen molar-refractivity contribution in [2.45, 2.75) is 32.0 Å². The van der Waals surface area contributed by atoms with Gasteiger partial charge < -0.3 is 19.0 Å². The van der Waals surface area contributed by atoms with Gasteiger partial charge in [-0.3, -0.25) is 4.79 Å². The van der Waals surface area contributed by atoms with Crippen molar-refractivity contribution >= 4 is 29.3 Å². The van der Waals surface area contributed by atoms with Gasteiger partial charge in [-0.05, 0) is 43.7 Å². The van der Waals surface area contributed by atoms with E-state index in [1.54, 1.807) is 30.5 Å². The molecule has 8 nitrogen and oxygen atoms in total. The number of aromatic nitrogens is 3. The minimum absolute atomic E-state index is 0.173. The highest BCUT2D eigenvalue weighted by molar-refractivity contribution is 7.99. The zero-order valence-electron chi connectivity index (χ0n) is 16.5. The molecule has 29 heavy (non-hydrogen) atoms. The van der Waals surface area contributed by atoms with Gasteiger partial charge in [0.25, 0.3) is 0 Å². The number of aryl methyl sites for hydroxylation is 1. The van der Waals surface area contributed by atoms with Gasteiger partial charge in [0.2, 0.25) is 5.91 Å². The van der Waals surface area contributed by atoms with Crippen molar-refractivity contribution < 1.29 is 18.7 Å². The van der Waals surface area contributed by atoms with Crippen LogP contribution in [0.15, 0.2) is 46.2 Å². The van der Waals surface area contributed by atoms with E-state index in [2.05, 4.69) is 27.2 Å². The Labute approximate surface area is 172 Å². The number of esters is 1. The molecule has 0 aliphatic rings. The summed E-state index contributed by atoms with van der Waals surface area (Å²) < 4.78 is 12.0. The van der Waals surface area contributed by atoms with Crippen LogP contribution in [0.25, 0.3) is 11.4 Å². The van der Waals surface area contributed by atoms with Crippen LogP contribution in [0.4, 0.5) is 5.69 Å². The molecule has 0 atom stereocenters. The summed E-state index contributed by atoms with van der Waals surface area (Å²) in [6.07, 6.45) is 2.54. The monoisotopic (exact) mass is 414 g/mol. The van der Waals surface area contributed by atoms with Crippen LogP contribution in [0.3, 0.4) is 0 Å². The first-order valence-corrected chi connectivity index (χ1v) is 10.1. The number of methoxy groups -OCH3 is 1. The maximum Gasteiger partial charge on any atom is 0.337 e. The summed E-state index contributed by atoms with van der Waals surface area (Å²) in [5.74, 6) is 1.11. The molecular weight excluding hydrogens is 392 g/mol. The molecular formula is C20H22N4O4S. The number of rotatable bonds is 8. The molecule has 1 N–H and O–H groups in total. The standard InChI is InChI=1S/C20H22N4O4S/c1-4-10-24-18(16-9-11-28-13(16)2)22-23-20(24)29-12-17(25)21-15-7-5-14(6-8-15)19(26)27-3/h5-9,11H,4,10,12H2,1-3H3,(H,21,25). The molecule has 0 saturated heterocycles. The lowest BCUT2D eigenvalue weighted by Crippen LogP contribution is -2.15. The first-order chi connectivity index (χ1) is 14.0. The number of hydrogen-bond donors (Lipinski definition) is 1. The van der Waals surface area contributed by atoms with Crippen LogP contribution in [-0.4, -0.2) is 39.5 Å². The highest BCUT2D eigenvalue weighted by Gasteiger charge is 2.18. The highest BCUT2D eigenvalue weighted by atomic mass is 32.2. The summed E-state index contributed by atoms with van der Waals surface area (Å²) in [7, 11) is 1.33. The number of carbonyl (C=O) groups is 2. The number of benzene rings is 1. The first kappa shape index (κ1) is 20.7. The van der Waals surface area contributed by atoms with Gasteiger partial charge in [0.1, 0.15) is 5.76 Å². The van der Waals surface area contributed by atoms with Crippen LogP contribution < -0.4 is 5.32 Å². The van der Waals surface area contributed by atoms with Gasteiger partial charge in [-0.1, -0.05) is 18.7 Å². The van der Waals surface area contributed by atoms with Gasteiger partial charge in [0.05, 0.1) is 30.3 Å². The summed E-state index contributed by atoms with van der Waals surface area (Å²) in [6, 6.07) is 8.39. The largest absolute Gasteiger partial charge is 0.469 e. The second-order valence-electron chi connectivity index (χ2n) is 6.25. The Morgan fingerprint density at radius 3 is 2.59 bits per heavy atom. The van der Waals surface area contributed by atoms with E-state index >= 15 is 0 Å². The Bertz CT molecular complexity index is 994. The molecule has 9 heteroatoms. The summed E-state index contributed by atoms with van der Waals surface area (Å²) in [4.78, 5) is 23.8. The Hall–Kier alpha value is -3.07. The summed E-state index contributed by atoms with van der Waals surface area (Å²) in [5, 5.41) is 12.0. The summed E-state index contributed by atoms with van der Waals surface area (Å²) >= 11 is 1.32. The first-order valence-electron chi connectivity index (χ1n) is 9.12. The fraction of sp³-hybridized carbons (Fsp3) is 0.300. The molecule has 1 amide bonds. The number of carbonyl (C=O) groups excluding carboxylic acids is 2. The van der Waals surface area contributed by atoms with Crippen LogP contribution in [0.2, 0.25) is 0 Å². The molecule has 2 aromatic heterocycles. The normalized spacial score (nSPS) is 10.7. The number of ether oxygens (including phenoxy) is 1. The molecule has 2 heterocycles. The van der Waals surface area contributed by atoms with E-state index in [0.717, 1.165) is 30.1 Å². The van der Waals surface area contributed by atoms with Gasteiger partial charge in [0.15, 0.2) is 11.0 Å². The molecule has 0 radical (unpaired) electrons. The minimum atomic E-state index is -0.419. The predicted molar refractivity (Wildman–Crippen MR) is 110 cm³/mol. The van der Waals surface area contributed by atoms with Crippen LogP contribution >= 0.6 is 11.8 Å². The molecule has 3 rings (SSSR count). The van der Waals surface area contributed by atoms with Crippen molar-refractivity contribution in [2.75, 3.05) is 18.2 Å². The van der Waals surface area contributed by atoms with Gasteiger partial charge in [0, 0.05) is 12.2 Å². The Morgan fingerprint density at radius 2 is 1.97 bits per heavy atom. The number of nitrogens with zero attached hydrogens (tertiary/aromatic N) is 3. The van der Waals surface area contributed by atoms with E-state index in [-0.39, 0.29) is 11.7 Å². The molecule has 0 aliphatic carbocycles. The lowest BCUT2D eigenvalue weighted by molar-refractivity contribution is -0.113. The number of thioether (sulfide) groups is 1. The summed E-state index contributed by atoms with van der Waals surface area (Å²) in [6.45, 7) is 4.70. The third kappa shape index (κ3) is 4.86. The zero-order chi connectivity index (χ0) is 20.8. The molecule has 152 valence electrons. The lowest BCUT2D eigenvalue weighted by atomic mass is 10.2. The van der Waals surface area contributed by atoms with Crippen LogP contribution in [0, 0.1) is 6.92 Å². The number of nitrogens with one attached hydrogen (secondary N) is 1. The fourth-order valence-corrected chi connectivity index (χ4v) is 3.54. The van der Waals surface area contributed by atoms with Gasteiger partial charge in [-0.2, -0.15) is 0 Å². The molecule has 3 aromatic rings. The Morgan fingerprint density at radius 1 is 1.21 bits per heavy atom. The third-order valence-electron chi connectivity index (χ3n) is 4.19. The van der Waals surface area contributed by atoms with Crippen molar-refractivity contribution in [3.63, 3.8) is 0 Å². The van der Waals surface area contributed by atoms with E-state index in [1.165, 1.54) is 18.9 Å². The Kier molecular flexibility index (Phi) is 6.71. The second kappa shape index (κ2) is 9.42. The van der Waals surface area contributed by atoms with Crippen LogP contribution in [0.1, 0.15) is 29.5 Å². The quantitative estimate of drug-likeness (QED) is 0.442. The van der Waals surface area contributed by atoms with Gasteiger partial charge >= 0.3 is 5.97 Å². The summed E-state index contributed by atoms with van der Waals surface area (Å²) in [5.41, 5.74) is 1.93. The van der Waals surface area contributed by atoms with E-state index in [0.29, 0.717) is 16.4 Å². The third-order valence-corrected chi connectivity index (χ3v) is 5.15. The Balaban J connectivity index is 1.65. The molecule has 0 bridgehead atoms. The van der Waals surface area contributed by atoms with Crippen molar-refractivity contribution in [1.29, 1.82) is 0 Å². The molecule has 0 spiro atoms. The topological polar surface area (TPSA) is 99.2 Å². The van der Waals surface area contributed by atoms with Crippen LogP contribution in [-0.2, 0) is 16.1 Å². The van der Waals surface area contributed by atoms with E-state index < -0.39 is 5.97 Å². The predicted octanol–water partition coefficient (Wildman–Crippen LogP) is 3.77. The second-order valence-corrected chi connectivity index (χ2v) is 7.20. The van der Waals surface area contributed by atoms with Gasteiger partial charge in [-0.25, -0.2) is 4.79 Å². The van der Waals surface area contributed by atoms with E-state index in [9.17, 15) is 9.59 Å². The molecule has 1 aromatic carbocycles. The molecule has 0 aliphatic heterocycles. The van der Waals surface area contributed by atoms with Crippen molar-refractivity contribution in [2.24, 2.45) is 0 Å². The average Bonchev–Trinajstić information content (AvgIpc) is 3.32. The molecule has 0 unspecified atom stereocenters. The van der Waals surface area contributed by atoms with Crippen molar-refractivity contribution in [1.82, 2.24) is 14.8 Å². The fourth-order valence-electron chi connectivity index (χ4n) is 2.77. The van der Waals surface area contributed by atoms with E-state index in [4.69, 9.17) is 4.42 Å². The van der Waals surface area contributed by atoms with Crippen LogP contribution in [0.5, 0.6) is 0 Å². The average molecular weight is 414 g/mol. The number of anilines is 1. The van der Waals surface area contributed by atoms with Gasteiger partial charge in [-0.15, -0.1) is 10.2 Å². The highest BCUT2D eigenvalue weighted by Crippen LogP contribution is 2.27. The van der Waals surface area contributed by atoms with Crippen molar-refractivity contribution in [3.8, 4) is 11.4 Å². The minimum Gasteiger partial charge on any atom is -0.469 e. The van der Waals surface area contributed by atoms with E-state index in [1.807, 2.05) is 17.6 Å². The zero-order valence-corrected chi connectivity index (χ0v) is 17.3. The lowest BCUT2D eigenvalue weighted by Gasteiger charge is -2.09. The number of hydrogen-bond acceptors (Lipinski definition) is 7. The van der Waals surface area contributed by atoms with Crippen molar-refractivity contribution in [3.05, 3.63) is 47.9 Å². The maximum atomic E-state index is 12.3.